The fourth-order valence-electron chi connectivity index (χ4n) is 3.27. The molecule has 1 atom stereocenters. The van der Waals surface area contributed by atoms with Crippen LogP contribution in [0, 0.1) is 0 Å². The first kappa shape index (κ1) is 27.9. The molecule has 14 nitrogen and oxygen atoms in total. The number of halogens is 2. The van der Waals surface area contributed by atoms with Crippen molar-refractivity contribution in [3.63, 3.8) is 0 Å². The van der Waals surface area contributed by atoms with Gasteiger partial charge < -0.3 is 30.1 Å². The van der Waals surface area contributed by atoms with Gasteiger partial charge >= 0.3 is 12.6 Å². The molecule has 0 aliphatic carbocycles. The number of ether oxygens (including phenoxy) is 2. The Bertz CT molecular complexity index is 1260. The van der Waals surface area contributed by atoms with Crippen molar-refractivity contribution < 1.29 is 51.6 Å². The first-order chi connectivity index (χ1) is 17.2. The lowest BCUT2D eigenvalue weighted by Crippen LogP contribution is -2.51. The fourth-order valence-corrected chi connectivity index (χ4v) is 4.83. The number of nitrogens with zero attached hydrogens (tertiary/aromatic N) is 3. The minimum atomic E-state index is -4.70. The molecular weight excluding hydrogens is 524 g/mol. The Hall–Kier alpha value is -3.70. The molecule has 0 radical (unpaired) electrons. The Balaban J connectivity index is 2.06. The normalized spacial score (nSPS) is 15.6. The lowest BCUT2D eigenvalue weighted by atomic mass is 10.1. The number of aliphatic hydroxyl groups excluding tert-OH is 1. The van der Waals surface area contributed by atoms with E-state index in [4.69, 9.17) is 19.7 Å². The van der Waals surface area contributed by atoms with E-state index in [-0.39, 0.29) is 28.4 Å². The lowest BCUT2D eigenvalue weighted by molar-refractivity contribution is -0.136. The molecule has 37 heavy (non-hydrogen) atoms. The van der Waals surface area contributed by atoms with Crippen LogP contribution in [0.1, 0.15) is 20.4 Å². The van der Waals surface area contributed by atoms with Crippen LogP contribution in [0.4, 0.5) is 25.0 Å². The molecule has 0 saturated heterocycles. The molecule has 1 aromatic carbocycles. The van der Waals surface area contributed by atoms with Gasteiger partial charge in [0.2, 0.25) is 0 Å². The van der Waals surface area contributed by atoms with E-state index in [2.05, 4.69) is 15.7 Å². The molecule has 3 rings (SSSR count). The van der Waals surface area contributed by atoms with Crippen LogP contribution >= 0.6 is 0 Å². The highest BCUT2D eigenvalue weighted by Gasteiger charge is 2.39. The maximum Gasteiger partial charge on any atom is 0.409 e. The zero-order valence-electron chi connectivity index (χ0n) is 19.6. The third kappa shape index (κ3) is 6.36. The summed E-state index contributed by atoms with van der Waals surface area (Å²) in [6, 6.07) is 3.76. The summed E-state index contributed by atoms with van der Waals surface area (Å²) in [6.45, 7) is -2.36. The zero-order chi connectivity index (χ0) is 27.5. The van der Waals surface area contributed by atoms with Crippen molar-refractivity contribution in [2.45, 2.75) is 37.0 Å². The van der Waals surface area contributed by atoms with Gasteiger partial charge in [-0.2, -0.15) is 8.78 Å². The molecule has 204 valence electrons. The summed E-state index contributed by atoms with van der Waals surface area (Å²) in [4.78, 5) is 22.4. The van der Waals surface area contributed by atoms with Gasteiger partial charge in [0, 0.05) is 5.69 Å². The topological polar surface area (TPSA) is 193 Å². The van der Waals surface area contributed by atoms with E-state index in [0.29, 0.717) is 6.20 Å². The maximum absolute atomic E-state index is 13.7. The SMILES string of the molecule is CC(C)(O)C(=O)NC[C@H]1CN(S(=O)(=O)c2cn(C(F)F)nc2OCCO)c2cc(NC(=O)O)ccc2O1. The quantitative estimate of drug-likeness (QED) is 0.280. The third-order valence-electron chi connectivity index (χ3n) is 4.95. The van der Waals surface area contributed by atoms with E-state index in [1.54, 1.807) is 0 Å². The van der Waals surface area contributed by atoms with Crippen LogP contribution in [0.15, 0.2) is 29.3 Å². The Kier molecular flexibility index (Phi) is 8.09. The number of fused-ring (bicyclic) bond motifs is 1. The molecule has 2 heterocycles. The van der Waals surface area contributed by atoms with E-state index in [0.717, 1.165) is 4.31 Å². The lowest BCUT2D eigenvalue weighted by Gasteiger charge is -2.35. The predicted octanol–water partition coefficient (Wildman–Crippen LogP) is 0.583. The van der Waals surface area contributed by atoms with Crippen LogP contribution in [0.5, 0.6) is 11.6 Å². The second-order valence-electron chi connectivity index (χ2n) is 8.29. The average molecular weight is 550 g/mol. The van der Waals surface area contributed by atoms with Gasteiger partial charge in [0.1, 0.15) is 24.1 Å². The van der Waals surface area contributed by atoms with E-state index in [1.165, 1.54) is 32.0 Å². The summed E-state index contributed by atoms with van der Waals surface area (Å²) in [6.07, 6.45) is -1.86. The highest BCUT2D eigenvalue weighted by molar-refractivity contribution is 7.93. The molecule has 17 heteroatoms. The molecule has 1 aliphatic rings. The third-order valence-corrected chi connectivity index (χ3v) is 6.71. The van der Waals surface area contributed by atoms with Crippen LogP contribution in [0.3, 0.4) is 0 Å². The molecule has 2 aromatic rings. The number of hydrogen-bond donors (Lipinski definition) is 5. The van der Waals surface area contributed by atoms with Crippen LogP contribution < -0.4 is 24.4 Å². The van der Waals surface area contributed by atoms with Gasteiger partial charge in [0.25, 0.3) is 21.8 Å². The second kappa shape index (κ2) is 10.7. The minimum absolute atomic E-state index is 0.0103. The maximum atomic E-state index is 13.7. The van der Waals surface area contributed by atoms with Gasteiger partial charge in [0.15, 0.2) is 4.90 Å². The summed E-state index contributed by atoms with van der Waals surface area (Å²) < 4.78 is 65.7. The monoisotopic (exact) mass is 549 g/mol. The Labute approximate surface area is 209 Å². The van der Waals surface area contributed by atoms with Crippen molar-refractivity contribution in [1.29, 1.82) is 0 Å². The molecular formula is C20H25F2N5O9S. The number of aliphatic hydroxyl groups is 2. The molecule has 2 amide bonds. The minimum Gasteiger partial charge on any atom is -0.484 e. The number of nitrogens with one attached hydrogen (secondary N) is 2. The molecule has 1 aromatic heterocycles. The van der Waals surface area contributed by atoms with Crippen molar-refractivity contribution in [3.8, 4) is 11.6 Å². The summed E-state index contributed by atoms with van der Waals surface area (Å²) in [5.74, 6) is -1.46. The van der Waals surface area contributed by atoms with Gasteiger partial charge in [-0.25, -0.2) is 17.9 Å². The van der Waals surface area contributed by atoms with Gasteiger partial charge in [-0.15, -0.1) is 5.10 Å². The van der Waals surface area contributed by atoms with Crippen molar-refractivity contribution in [2.75, 3.05) is 35.9 Å². The average Bonchev–Trinajstić information content (AvgIpc) is 3.25. The number of carbonyl (C=O) groups excluding carboxylic acids is 1. The smallest absolute Gasteiger partial charge is 0.409 e. The molecule has 0 bridgehead atoms. The number of rotatable bonds is 10. The van der Waals surface area contributed by atoms with Crippen molar-refractivity contribution in [1.82, 2.24) is 15.1 Å². The number of carboxylic acid groups (broad SMARTS) is 1. The van der Waals surface area contributed by atoms with Crippen LogP contribution in [0.25, 0.3) is 0 Å². The van der Waals surface area contributed by atoms with Crippen molar-refractivity contribution in [2.24, 2.45) is 0 Å². The summed E-state index contributed by atoms with van der Waals surface area (Å²) in [7, 11) is -4.70. The summed E-state index contributed by atoms with van der Waals surface area (Å²) in [5.41, 5.74) is -1.86. The predicted molar refractivity (Wildman–Crippen MR) is 122 cm³/mol. The van der Waals surface area contributed by atoms with E-state index < -0.39 is 70.8 Å². The van der Waals surface area contributed by atoms with Gasteiger partial charge in [-0.05, 0) is 32.0 Å². The first-order valence-electron chi connectivity index (χ1n) is 10.7. The summed E-state index contributed by atoms with van der Waals surface area (Å²) >= 11 is 0. The van der Waals surface area contributed by atoms with Crippen molar-refractivity contribution >= 4 is 33.4 Å². The highest BCUT2D eigenvalue weighted by atomic mass is 32.2. The number of amides is 2. The number of aromatic nitrogens is 2. The zero-order valence-corrected chi connectivity index (χ0v) is 20.4. The van der Waals surface area contributed by atoms with Crippen LogP contribution in [-0.4, -0.2) is 83.5 Å². The molecule has 1 aliphatic heterocycles. The molecule has 0 fully saturated rings. The molecule has 0 saturated carbocycles. The van der Waals surface area contributed by atoms with E-state index in [1.807, 2.05) is 0 Å². The fraction of sp³-hybridized carbons (Fsp3) is 0.450. The number of sulfonamides is 1. The number of hydrogen-bond acceptors (Lipinski definition) is 9. The largest absolute Gasteiger partial charge is 0.484 e. The number of benzene rings is 1. The van der Waals surface area contributed by atoms with E-state index >= 15 is 0 Å². The highest BCUT2D eigenvalue weighted by Crippen LogP contribution is 2.40. The standard InChI is InChI=1S/C20H25F2N5O9S/c1-20(2,32)17(29)23-8-12-9-27(13-7-11(24-19(30)31)3-4-14(13)36-12)37(33,34)15-10-26(18(21)22)25-16(15)35-6-5-28/h3-4,7,10,12,18,24,28,32H,5-6,8-9H2,1-2H3,(H,23,29)(H,30,31)/t12-/m0/s1. The number of alkyl halides is 2. The van der Waals surface area contributed by atoms with Crippen molar-refractivity contribution in [3.05, 3.63) is 24.4 Å². The van der Waals surface area contributed by atoms with Gasteiger partial charge in [-0.1, -0.05) is 0 Å². The molecule has 5 N–H and O–H groups in total. The van der Waals surface area contributed by atoms with Gasteiger partial charge in [-0.3, -0.25) is 14.4 Å². The Morgan fingerprint density at radius 3 is 2.65 bits per heavy atom. The van der Waals surface area contributed by atoms with Crippen LogP contribution in [0.2, 0.25) is 0 Å². The Morgan fingerprint density at radius 1 is 1.35 bits per heavy atom. The van der Waals surface area contributed by atoms with Crippen LogP contribution in [-0.2, 0) is 14.8 Å². The molecule has 0 unspecified atom stereocenters. The number of carbonyl (C=O) groups is 2. The number of anilines is 2. The van der Waals surface area contributed by atoms with E-state index in [9.17, 15) is 31.9 Å². The Morgan fingerprint density at radius 2 is 2.05 bits per heavy atom. The first-order valence-corrected chi connectivity index (χ1v) is 12.1. The second-order valence-corrected chi connectivity index (χ2v) is 10.1. The van der Waals surface area contributed by atoms with Gasteiger partial charge in [0.05, 0.1) is 31.6 Å². The summed E-state index contributed by atoms with van der Waals surface area (Å²) in [5, 5.41) is 35.9. The molecule has 0 spiro atoms.